The molecule has 1 N–H and O–H groups in total. The van der Waals surface area contributed by atoms with Gasteiger partial charge in [0.25, 0.3) is 5.56 Å². The molecule has 0 saturated carbocycles. The van der Waals surface area contributed by atoms with Crippen molar-refractivity contribution in [2.24, 2.45) is 0 Å². The average molecular weight is 343 g/mol. The predicted octanol–water partition coefficient (Wildman–Crippen LogP) is 3.20. The molecule has 3 heterocycles. The van der Waals surface area contributed by atoms with Crippen LogP contribution in [0.5, 0.6) is 0 Å². The van der Waals surface area contributed by atoms with Crippen molar-refractivity contribution in [3.8, 4) is 11.4 Å². The fourth-order valence-electron chi connectivity index (χ4n) is 4.03. The first-order valence-corrected chi connectivity index (χ1v) is 8.64. The summed E-state index contributed by atoms with van der Waals surface area (Å²) in [6.07, 6.45) is 0.565. The molecule has 26 heavy (non-hydrogen) atoms. The van der Waals surface area contributed by atoms with Crippen molar-refractivity contribution in [1.29, 1.82) is 0 Å². The largest absolute Gasteiger partial charge is 0.358 e. The maximum Gasteiger partial charge on any atom is 0.262 e. The number of pyridine rings is 1. The molecule has 0 radical (unpaired) electrons. The predicted molar refractivity (Wildman–Crippen MR) is 103 cm³/mol. The summed E-state index contributed by atoms with van der Waals surface area (Å²) in [4.78, 5) is 34.5. The van der Waals surface area contributed by atoms with E-state index >= 15 is 0 Å². The lowest BCUT2D eigenvalue weighted by atomic mass is 9.89. The molecule has 0 unspecified atom stereocenters. The Bertz CT molecular complexity index is 1330. The van der Waals surface area contributed by atoms with E-state index in [9.17, 15) is 9.59 Å². The Morgan fingerprint density at radius 1 is 1.00 bits per heavy atom. The van der Waals surface area contributed by atoms with Crippen LogP contribution >= 0.6 is 0 Å². The van der Waals surface area contributed by atoms with E-state index in [4.69, 9.17) is 4.98 Å². The summed E-state index contributed by atoms with van der Waals surface area (Å²) in [6, 6.07) is 14.7. The number of aromatic amines is 1. The molecular formula is C21H17N3O2. The highest BCUT2D eigenvalue weighted by molar-refractivity contribution is 5.86. The van der Waals surface area contributed by atoms with Crippen molar-refractivity contribution in [2.75, 3.05) is 0 Å². The molecule has 0 bridgehead atoms. The summed E-state index contributed by atoms with van der Waals surface area (Å²) in [6.45, 7) is 4.01. The van der Waals surface area contributed by atoms with Gasteiger partial charge in [-0.3, -0.25) is 14.2 Å². The van der Waals surface area contributed by atoms with Gasteiger partial charge in [-0.05, 0) is 38.1 Å². The van der Waals surface area contributed by atoms with Crippen LogP contribution in [-0.4, -0.2) is 14.5 Å². The lowest BCUT2D eigenvalue weighted by molar-refractivity contribution is 0.332. The number of para-hydroxylation sites is 2. The fourth-order valence-corrected chi connectivity index (χ4v) is 4.03. The van der Waals surface area contributed by atoms with Crippen LogP contribution in [0, 0.1) is 0 Å². The van der Waals surface area contributed by atoms with Crippen LogP contribution in [0.25, 0.3) is 33.2 Å². The first-order valence-electron chi connectivity index (χ1n) is 8.64. The molecule has 0 aliphatic carbocycles. The van der Waals surface area contributed by atoms with Crippen LogP contribution in [0.2, 0.25) is 0 Å². The van der Waals surface area contributed by atoms with Gasteiger partial charge in [-0.15, -0.1) is 0 Å². The number of hydrogen-bond acceptors (Lipinski definition) is 3. The minimum Gasteiger partial charge on any atom is -0.358 e. The van der Waals surface area contributed by atoms with Gasteiger partial charge in [0.2, 0.25) is 5.43 Å². The lowest BCUT2D eigenvalue weighted by Gasteiger charge is -2.35. The van der Waals surface area contributed by atoms with E-state index < -0.39 is 5.54 Å². The summed E-state index contributed by atoms with van der Waals surface area (Å²) in [5.74, 6) is 0.451. The Morgan fingerprint density at radius 3 is 2.50 bits per heavy atom. The monoisotopic (exact) mass is 343 g/mol. The number of nitrogens with one attached hydrogen (secondary N) is 1. The van der Waals surface area contributed by atoms with E-state index in [-0.39, 0.29) is 11.0 Å². The minimum absolute atomic E-state index is 0.0826. The van der Waals surface area contributed by atoms with Gasteiger partial charge < -0.3 is 4.98 Å². The summed E-state index contributed by atoms with van der Waals surface area (Å²) < 4.78 is 1.68. The van der Waals surface area contributed by atoms with E-state index in [0.29, 0.717) is 34.1 Å². The van der Waals surface area contributed by atoms with Crippen molar-refractivity contribution in [1.82, 2.24) is 14.5 Å². The van der Waals surface area contributed by atoms with Crippen molar-refractivity contribution < 1.29 is 0 Å². The zero-order chi connectivity index (χ0) is 18.1. The molecule has 1 aliphatic rings. The third kappa shape index (κ3) is 1.88. The van der Waals surface area contributed by atoms with Crippen LogP contribution in [0.15, 0.2) is 58.1 Å². The van der Waals surface area contributed by atoms with Crippen molar-refractivity contribution in [2.45, 2.75) is 25.8 Å². The number of nitrogens with zero attached hydrogens (tertiary/aromatic N) is 2. The van der Waals surface area contributed by atoms with Gasteiger partial charge >= 0.3 is 0 Å². The first-order chi connectivity index (χ1) is 12.5. The van der Waals surface area contributed by atoms with Gasteiger partial charge in [0.1, 0.15) is 5.82 Å². The summed E-state index contributed by atoms with van der Waals surface area (Å²) in [5.41, 5.74) is 2.09. The Kier molecular flexibility index (Phi) is 2.85. The number of benzene rings is 2. The van der Waals surface area contributed by atoms with Crippen LogP contribution in [0.4, 0.5) is 0 Å². The highest BCUT2D eigenvalue weighted by Gasteiger charge is 2.35. The van der Waals surface area contributed by atoms with Gasteiger partial charge in [0.15, 0.2) is 0 Å². The van der Waals surface area contributed by atoms with E-state index in [2.05, 4.69) is 4.98 Å². The van der Waals surface area contributed by atoms with E-state index in [1.165, 1.54) is 0 Å². The second kappa shape index (κ2) is 4.91. The van der Waals surface area contributed by atoms with Crippen LogP contribution < -0.4 is 11.0 Å². The first kappa shape index (κ1) is 15.1. The van der Waals surface area contributed by atoms with E-state index in [1.807, 2.05) is 50.2 Å². The Balaban J connectivity index is 2.01. The van der Waals surface area contributed by atoms with Crippen LogP contribution in [0.1, 0.15) is 19.5 Å². The highest BCUT2D eigenvalue weighted by atomic mass is 16.1. The smallest absolute Gasteiger partial charge is 0.262 e. The average Bonchev–Trinajstić information content (AvgIpc) is 2.61. The highest BCUT2D eigenvalue weighted by Crippen LogP contribution is 2.34. The van der Waals surface area contributed by atoms with Crippen molar-refractivity contribution in [3.05, 3.63) is 74.8 Å². The molecule has 128 valence electrons. The maximum absolute atomic E-state index is 13.2. The standard InChI is InChI=1S/C21H17N3O2/c1-21(2)11-16-17(18(25)12-7-3-5-9-14(12)22-16)19-23-15-10-6-4-8-13(15)20(26)24(19)21/h3-10H,11H2,1-2H3,(H,22,25). The van der Waals surface area contributed by atoms with Gasteiger partial charge in [-0.25, -0.2) is 4.98 Å². The molecule has 0 saturated heterocycles. The quantitative estimate of drug-likeness (QED) is 0.533. The normalized spacial score (nSPS) is 15.0. The summed E-state index contributed by atoms with van der Waals surface area (Å²) >= 11 is 0. The molecule has 5 rings (SSSR count). The third-order valence-corrected chi connectivity index (χ3v) is 5.20. The molecule has 0 spiro atoms. The molecule has 0 atom stereocenters. The second-order valence-corrected chi connectivity index (χ2v) is 7.44. The van der Waals surface area contributed by atoms with Gasteiger partial charge in [-0.2, -0.15) is 0 Å². The summed E-state index contributed by atoms with van der Waals surface area (Å²) in [5, 5.41) is 1.19. The number of rotatable bonds is 0. The van der Waals surface area contributed by atoms with E-state index in [0.717, 1.165) is 11.2 Å². The molecule has 2 aromatic carbocycles. The number of aromatic nitrogens is 3. The van der Waals surface area contributed by atoms with Crippen LogP contribution in [0.3, 0.4) is 0 Å². The molecule has 1 aliphatic heterocycles. The second-order valence-electron chi connectivity index (χ2n) is 7.44. The van der Waals surface area contributed by atoms with E-state index in [1.54, 1.807) is 16.7 Å². The maximum atomic E-state index is 13.2. The topological polar surface area (TPSA) is 67.8 Å². The Hall–Kier alpha value is -3.21. The summed E-state index contributed by atoms with van der Waals surface area (Å²) in [7, 11) is 0. The number of H-pyrrole nitrogens is 1. The minimum atomic E-state index is -0.484. The fraction of sp³-hybridized carbons (Fsp3) is 0.190. The molecule has 0 amide bonds. The Morgan fingerprint density at radius 2 is 1.69 bits per heavy atom. The number of fused-ring (bicyclic) bond motifs is 5. The third-order valence-electron chi connectivity index (χ3n) is 5.20. The molecular weight excluding hydrogens is 326 g/mol. The Labute approximate surface area is 148 Å². The molecule has 2 aromatic heterocycles. The SMILES string of the molecule is CC1(C)Cc2[nH]c3ccccc3c(=O)c2-c2nc3ccccc3c(=O)n21. The molecule has 5 nitrogen and oxygen atoms in total. The number of hydrogen-bond donors (Lipinski definition) is 1. The molecule has 5 heteroatoms. The van der Waals surface area contributed by atoms with Crippen LogP contribution in [-0.2, 0) is 12.0 Å². The zero-order valence-corrected chi connectivity index (χ0v) is 14.5. The zero-order valence-electron chi connectivity index (χ0n) is 14.5. The molecule has 4 aromatic rings. The van der Waals surface area contributed by atoms with Crippen molar-refractivity contribution in [3.63, 3.8) is 0 Å². The van der Waals surface area contributed by atoms with Gasteiger partial charge in [-0.1, -0.05) is 24.3 Å². The lowest BCUT2D eigenvalue weighted by Crippen LogP contribution is -2.44. The molecule has 0 fully saturated rings. The van der Waals surface area contributed by atoms with Gasteiger partial charge in [0.05, 0.1) is 16.5 Å². The van der Waals surface area contributed by atoms with Crippen molar-refractivity contribution >= 4 is 21.8 Å². The van der Waals surface area contributed by atoms with Gasteiger partial charge in [0, 0.05) is 28.6 Å².